The van der Waals surface area contributed by atoms with E-state index < -0.39 is 17.8 Å². The standard InChI is InChI=1S/C20H14F3N3OS/c1-12-7-5-6-10-15(12)24-18(27)16-11-14-17(20(21,22)23)25-26(19(14)28-16)13-8-3-2-4-9-13/h2-11H,1H3,(H,24,27). The Morgan fingerprint density at radius 2 is 1.75 bits per heavy atom. The highest BCUT2D eigenvalue weighted by Gasteiger charge is 2.38. The largest absolute Gasteiger partial charge is 0.435 e. The lowest BCUT2D eigenvalue weighted by Gasteiger charge is -2.07. The molecule has 0 bridgehead atoms. The fourth-order valence-corrected chi connectivity index (χ4v) is 3.90. The van der Waals surface area contributed by atoms with Crippen LogP contribution in [0.2, 0.25) is 0 Å². The van der Waals surface area contributed by atoms with Crippen LogP contribution in [-0.2, 0) is 6.18 Å². The van der Waals surface area contributed by atoms with Gasteiger partial charge >= 0.3 is 6.18 Å². The molecule has 2 aromatic heterocycles. The average molecular weight is 401 g/mol. The van der Waals surface area contributed by atoms with Crippen molar-refractivity contribution in [2.45, 2.75) is 13.1 Å². The number of thiophene rings is 1. The van der Waals surface area contributed by atoms with Gasteiger partial charge in [0.25, 0.3) is 5.91 Å². The van der Waals surface area contributed by atoms with Crippen LogP contribution < -0.4 is 5.32 Å². The van der Waals surface area contributed by atoms with Crippen LogP contribution in [0.5, 0.6) is 0 Å². The minimum absolute atomic E-state index is 0.0868. The summed E-state index contributed by atoms with van der Waals surface area (Å²) in [6, 6.07) is 17.0. The van der Waals surface area contributed by atoms with Crippen molar-refractivity contribution in [1.29, 1.82) is 0 Å². The first-order chi connectivity index (χ1) is 13.3. The maximum Gasteiger partial charge on any atom is 0.435 e. The van der Waals surface area contributed by atoms with E-state index in [1.807, 2.05) is 19.1 Å². The number of benzene rings is 2. The molecule has 0 aliphatic rings. The summed E-state index contributed by atoms with van der Waals surface area (Å²) in [5.74, 6) is -0.455. The van der Waals surface area contributed by atoms with E-state index in [4.69, 9.17) is 0 Å². The van der Waals surface area contributed by atoms with Gasteiger partial charge in [-0.3, -0.25) is 4.79 Å². The van der Waals surface area contributed by atoms with Crippen molar-refractivity contribution < 1.29 is 18.0 Å². The van der Waals surface area contributed by atoms with E-state index in [0.29, 0.717) is 11.4 Å². The predicted octanol–water partition coefficient (Wildman–Crippen LogP) is 5.67. The minimum Gasteiger partial charge on any atom is -0.321 e. The molecular formula is C20H14F3N3OS. The summed E-state index contributed by atoms with van der Waals surface area (Å²) in [5.41, 5.74) is 0.974. The summed E-state index contributed by atoms with van der Waals surface area (Å²) in [6.07, 6.45) is -4.62. The molecule has 4 aromatic rings. The predicted molar refractivity (Wildman–Crippen MR) is 103 cm³/mol. The lowest BCUT2D eigenvalue weighted by molar-refractivity contribution is -0.140. The van der Waals surface area contributed by atoms with E-state index in [1.165, 1.54) is 10.7 Å². The number of hydrogen-bond acceptors (Lipinski definition) is 3. The Hall–Kier alpha value is -3.13. The molecule has 0 radical (unpaired) electrons. The maximum absolute atomic E-state index is 13.5. The smallest absolute Gasteiger partial charge is 0.321 e. The molecule has 2 heterocycles. The van der Waals surface area contributed by atoms with E-state index >= 15 is 0 Å². The number of anilines is 1. The van der Waals surface area contributed by atoms with Gasteiger partial charge in [-0.25, -0.2) is 4.68 Å². The number of nitrogens with zero attached hydrogens (tertiary/aromatic N) is 2. The zero-order valence-electron chi connectivity index (χ0n) is 14.6. The van der Waals surface area contributed by atoms with E-state index in [-0.39, 0.29) is 15.1 Å². The number of alkyl halides is 3. The fourth-order valence-electron chi connectivity index (χ4n) is 2.87. The van der Waals surface area contributed by atoms with Crippen LogP contribution in [-0.4, -0.2) is 15.7 Å². The van der Waals surface area contributed by atoms with E-state index in [1.54, 1.807) is 42.5 Å². The van der Waals surface area contributed by atoms with Gasteiger partial charge in [-0.15, -0.1) is 11.3 Å². The summed E-state index contributed by atoms with van der Waals surface area (Å²) >= 11 is 0.977. The van der Waals surface area contributed by atoms with Gasteiger partial charge in [-0.1, -0.05) is 36.4 Å². The number of rotatable bonds is 3. The lowest BCUT2D eigenvalue weighted by Crippen LogP contribution is -2.11. The van der Waals surface area contributed by atoms with Gasteiger partial charge < -0.3 is 5.32 Å². The minimum atomic E-state index is -4.62. The Morgan fingerprint density at radius 1 is 1.07 bits per heavy atom. The van der Waals surface area contributed by atoms with Crippen LogP contribution in [0.3, 0.4) is 0 Å². The molecule has 0 spiro atoms. The quantitative estimate of drug-likeness (QED) is 0.481. The van der Waals surface area contributed by atoms with Crippen LogP contribution in [0.4, 0.5) is 18.9 Å². The molecule has 0 unspecified atom stereocenters. The number of amides is 1. The molecule has 1 amide bonds. The molecule has 8 heteroatoms. The average Bonchev–Trinajstić information content (AvgIpc) is 3.23. The molecule has 2 aromatic carbocycles. The van der Waals surface area contributed by atoms with Crippen LogP contribution in [0, 0.1) is 6.92 Å². The SMILES string of the molecule is Cc1ccccc1NC(=O)c1cc2c(C(F)(F)F)nn(-c3ccccc3)c2s1. The molecule has 0 aliphatic heterocycles. The van der Waals surface area contributed by atoms with Crippen molar-refractivity contribution in [3.8, 4) is 5.69 Å². The van der Waals surface area contributed by atoms with E-state index in [9.17, 15) is 18.0 Å². The van der Waals surface area contributed by atoms with Crippen LogP contribution >= 0.6 is 11.3 Å². The van der Waals surface area contributed by atoms with Gasteiger partial charge in [0.05, 0.1) is 10.6 Å². The van der Waals surface area contributed by atoms with Crippen molar-refractivity contribution in [1.82, 2.24) is 9.78 Å². The highest BCUT2D eigenvalue weighted by molar-refractivity contribution is 7.20. The van der Waals surface area contributed by atoms with Gasteiger partial charge in [0.15, 0.2) is 5.69 Å². The third kappa shape index (κ3) is 3.27. The second kappa shape index (κ2) is 6.79. The Balaban J connectivity index is 1.80. The fraction of sp³-hybridized carbons (Fsp3) is 0.100. The summed E-state index contributed by atoms with van der Waals surface area (Å²) in [4.78, 5) is 13.1. The molecule has 0 atom stereocenters. The van der Waals surface area contributed by atoms with Crippen molar-refractivity contribution >= 4 is 33.1 Å². The number of para-hydroxylation sites is 2. The lowest BCUT2D eigenvalue weighted by atomic mass is 10.2. The number of carbonyl (C=O) groups excluding carboxylic acids is 1. The summed E-state index contributed by atoms with van der Waals surface area (Å²) < 4.78 is 41.7. The molecule has 4 nitrogen and oxygen atoms in total. The first-order valence-corrected chi connectivity index (χ1v) is 9.18. The molecule has 142 valence electrons. The van der Waals surface area contributed by atoms with Gasteiger partial charge in [0.1, 0.15) is 4.83 Å². The van der Waals surface area contributed by atoms with Gasteiger partial charge in [-0.05, 0) is 36.8 Å². The van der Waals surface area contributed by atoms with E-state index in [0.717, 1.165) is 16.9 Å². The molecule has 28 heavy (non-hydrogen) atoms. The number of aryl methyl sites for hydroxylation is 1. The van der Waals surface area contributed by atoms with Crippen molar-refractivity contribution in [3.63, 3.8) is 0 Å². The first kappa shape index (κ1) is 18.2. The first-order valence-electron chi connectivity index (χ1n) is 8.37. The molecule has 0 saturated heterocycles. The summed E-state index contributed by atoms with van der Waals surface area (Å²) in [5, 5.41) is 6.43. The molecule has 4 rings (SSSR count). The molecule has 0 saturated carbocycles. The molecular weight excluding hydrogens is 387 g/mol. The second-order valence-corrected chi connectivity index (χ2v) is 7.22. The Morgan fingerprint density at radius 3 is 2.43 bits per heavy atom. The van der Waals surface area contributed by atoms with Crippen LogP contribution in [0.25, 0.3) is 15.9 Å². The number of fused-ring (bicyclic) bond motifs is 1. The number of nitrogens with one attached hydrogen (secondary N) is 1. The summed E-state index contributed by atoms with van der Waals surface area (Å²) in [7, 11) is 0. The van der Waals surface area contributed by atoms with Gasteiger partial charge in [0, 0.05) is 11.1 Å². The van der Waals surface area contributed by atoms with Crippen molar-refractivity contribution in [2.24, 2.45) is 0 Å². The zero-order chi connectivity index (χ0) is 19.9. The normalized spacial score (nSPS) is 11.7. The number of carbonyl (C=O) groups is 1. The maximum atomic E-state index is 13.5. The number of hydrogen-bond donors (Lipinski definition) is 1. The van der Waals surface area contributed by atoms with Gasteiger partial charge in [0.2, 0.25) is 0 Å². The third-order valence-corrected chi connectivity index (χ3v) is 5.36. The Labute approximate surface area is 162 Å². The Bertz CT molecular complexity index is 1160. The zero-order valence-corrected chi connectivity index (χ0v) is 15.4. The van der Waals surface area contributed by atoms with Crippen LogP contribution in [0.1, 0.15) is 20.9 Å². The monoisotopic (exact) mass is 401 g/mol. The highest BCUT2D eigenvalue weighted by Crippen LogP contribution is 2.39. The number of aromatic nitrogens is 2. The summed E-state index contributed by atoms with van der Waals surface area (Å²) in [6.45, 7) is 1.84. The van der Waals surface area contributed by atoms with E-state index in [2.05, 4.69) is 10.4 Å². The number of halogens is 3. The molecule has 0 fully saturated rings. The molecule has 1 N–H and O–H groups in total. The van der Waals surface area contributed by atoms with Gasteiger partial charge in [-0.2, -0.15) is 18.3 Å². The van der Waals surface area contributed by atoms with Crippen molar-refractivity contribution in [3.05, 3.63) is 76.8 Å². The molecule has 0 aliphatic carbocycles. The topological polar surface area (TPSA) is 46.9 Å². The highest BCUT2D eigenvalue weighted by atomic mass is 32.1. The van der Waals surface area contributed by atoms with Crippen molar-refractivity contribution in [2.75, 3.05) is 5.32 Å². The van der Waals surface area contributed by atoms with Crippen LogP contribution in [0.15, 0.2) is 60.7 Å². The third-order valence-electron chi connectivity index (χ3n) is 4.25. The second-order valence-electron chi connectivity index (χ2n) is 6.19. The Kier molecular flexibility index (Phi) is 4.43.